The van der Waals surface area contributed by atoms with Crippen LogP contribution in [-0.2, 0) is 16.0 Å². The molecule has 1 aromatic carbocycles. The molecular weight excluding hydrogens is 258 g/mol. The van der Waals surface area contributed by atoms with Crippen molar-refractivity contribution in [3.8, 4) is 5.75 Å². The zero-order valence-electron chi connectivity index (χ0n) is 11.1. The molecule has 0 saturated heterocycles. The fraction of sp³-hybridized carbons (Fsp3) is 0.467. The molecule has 1 fully saturated rings. The van der Waals surface area contributed by atoms with Gasteiger partial charge in [0.1, 0.15) is 5.75 Å². The number of carboxylic acid groups (broad SMARTS) is 1. The standard InChI is InChI=1S/C15H17NO4/c17-14(11-2-1-3-12(11)15(18)19)16-10-4-5-13-9(8-10)6-7-20-13/h4-5,8,11-12H,1-3,6-7H2,(H,16,17)(H,18,19). The summed E-state index contributed by atoms with van der Waals surface area (Å²) in [5, 5.41) is 12.0. The largest absolute Gasteiger partial charge is 0.493 e. The topological polar surface area (TPSA) is 75.6 Å². The third-order valence-corrected chi connectivity index (χ3v) is 4.13. The van der Waals surface area contributed by atoms with Gasteiger partial charge in [0, 0.05) is 12.1 Å². The van der Waals surface area contributed by atoms with Crippen LogP contribution in [0.25, 0.3) is 0 Å². The van der Waals surface area contributed by atoms with E-state index in [2.05, 4.69) is 5.32 Å². The Morgan fingerprint density at radius 1 is 1.25 bits per heavy atom. The molecule has 0 spiro atoms. The highest BCUT2D eigenvalue weighted by Crippen LogP contribution is 2.33. The maximum atomic E-state index is 12.2. The van der Waals surface area contributed by atoms with Crippen LogP contribution < -0.4 is 10.1 Å². The second kappa shape index (κ2) is 5.15. The SMILES string of the molecule is O=C(O)C1CCCC1C(=O)Nc1ccc2c(c1)CCO2. The Labute approximate surface area is 116 Å². The molecule has 0 bridgehead atoms. The summed E-state index contributed by atoms with van der Waals surface area (Å²) in [6.45, 7) is 0.677. The summed E-state index contributed by atoms with van der Waals surface area (Å²) in [7, 11) is 0. The number of hydrogen-bond donors (Lipinski definition) is 2. The van der Waals surface area contributed by atoms with Crippen molar-refractivity contribution in [2.24, 2.45) is 11.8 Å². The summed E-state index contributed by atoms with van der Waals surface area (Å²) in [4.78, 5) is 23.3. The minimum atomic E-state index is -0.870. The highest BCUT2D eigenvalue weighted by atomic mass is 16.5. The first-order chi connectivity index (χ1) is 9.65. The van der Waals surface area contributed by atoms with Gasteiger partial charge in [0.25, 0.3) is 0 Å². The predicted octanol–water partition coefficient (Wildman–Crippen LogP) is 2.06. The van der Waals surface area contributed by atoms with Gasteiger partial charge in [-0.25, -0.2) is 0 Å². The smallest absolute Gasteiger partial charge is 0.307 e. The highest BCUT2D eigenvalue weighted by molar-refractivity contribution is 5.95. The number of carboxylic acids is 1. The third-order valence-electron chi connectivity index (χ3n) is 4.13. The monoisotopic (exact) mass is 275 g/mol. The number of carbonyl (C=O) groups excluding carboxylic acids is 1. The number of amides is 1. The van der Waals surface area contributed by atoms with Crippen molar-refractivity contribution in [2.75, 3.05) is 11.9 Å². The van der Waals surface area contributed by atoms with E-state index < -0.39 is 17.8 Å². The number of fused-ring (bicyclic) bond motifs is 1. The first kappa shape index (κ1) is 13.0. The van der Waals surface area contributed by atoms with E-state index in [1.54, 1.807) is 6.07 Å². The summed E-state index contributed by atoms with van der Waals surface area (Å²) in [6.07, 6.45) is 2.88. The molecule has 2 N–H and O–H groups in total. The normalized spacial score (nSPS) is 24.0. The third kappa shape index (κ3) is 2.35. The molecule has 1 aliphatic heterocycles. The lowest BCUT2D eigenvalue weighted by Crippen LogP contribution is -2.29. The van der Waals surface area contributed by atoms with Crippen LogP contribution >= 0.6 is 0 Å². The van der Waals surface area contributed by atoms with E-state index in [4.69, 9.17) is 9.84 Å². The molecule has 0 radical (unpaired) electrons. The van der Waals surface area contributed by atoms with Crippen molar-refractivity contribution in [3.63, 3.8) is 0 Å². The molecular formula is C15H17NO4. The van der Waals surface area contributed by atoms with Crippen LogP contribution in [0, 0.1) is 11.8 Å². The molecule has 2 atom stereocenters. The lowest BCUT2D eigenvalue weighted by molar-refractivity contribution is -0.145. The summed E-state index contributed by atoms with van der Waals surface area (Å²) >= 11 is 0. The number of anilines is 1. The molecule has 1 saturated carbocycles. The Bertz CT molecular complexity index is 555. The molecule has 106 valence electrons. The Morgan fingerprint density at radius 2 is 2.05 bits per heavy atom. The lowest BCUT2D eigenvalue weighted by atomic mass is 9.95. The van der Waals surface area contributed by atoms with Crippen molar-refractivity contribution in [2.45, 2.75) is 25.7 Å². The van der Waals surface area contributed by atoms with Gasteiger partial charge in [-0.15, -0.1) is 0 Å². The van der Waals surface area contributed by atoms with Gasteiger partial charge in [-0.05, 0) is 36.6 Å². The molecule has 1 amide bonds. The number of rotatable bonds is 3. The lowest BCUT2D eigenvalue weighted by Gasteiger charge is -2.15. The summed E-state index contributed by atoms with van der Waals surface area (Å²) < 4.78 is 5.42. The van der Waals surface area contributed by atoms with Crippen LogP contribution in [0.1, 0.15) is 24.8 Å². The number of ether oxygens (including phenoxy) is 1. The van der Waals surface area contributed by atoms with Crippen molar-refractivity contribution < 1.29 is 19.4 Å². The van der Waals surface area contributed by atoms with E-state index in [9.17, 15) is 9.59 Å². The Balaban J connectivity index is 1.71. The van der Waals surface area contributed by atoms with Crippen molar-refractivity contribution in [1.82, 2.24) is 0 Å². The fourth-order valence-corrected chi connectivity index (χ4v) is 3.07. The Morgan fingerprint density at radius 3 is 2.85 bits per heavy atom. The highest BCUT2D eigenvalue weighted by Gasteiger charge is 2.37. The van der Waals surface area contributed by atoms with E-state index in [-0.39, 0.29) is 5.91 Å². The molecule has 0 aromatic heterocycles. The van der Waals surface area contributed by atoms with E-state index in [0.717, 1.165) is 29.8 Å². The van der Waals surface area contributed by atoms with Crippen LogP contribution in [-0.4, -0.2) is 23.6 Å². The quantitative estimate of drug-likeness (QED) is 0.885. The Kier molecular flexibility index (Phi) is 3.34. The second-order valence-corrected chi connectivity index (χ2v) is 5.39. The minimum Gasteiger partial charge on any atom is -0.493 e. The second-order valence-electron chi connectivity index (χ2n) is 5.39. The fourth-order valence-electron chi connectivity index (χ4n) is 3.07. The first-order valence-electron chi connectivity index (χ1n) is 6.94. The number of benzene rings is 1. The maximum Gasteiger partial charge on any atom is 0.307 e. The van der Waals surface area contributed by atoms with Crippen LogP contribution in [0.3, 0.4) is 0 Å². The van der Waals surface area contributed by atoms with Crippen LogP contribution in [0.5, 0.6) is 5.75 Å². The van der Waals surface area contributed by atoms with Crippen LogP contribution in [0.15, 0.2) is 18.2 Å². The van der Waals surface area contributed by atoms with Gasteiger partial charge in [-0.2, -0.15) is 0 Å². The molecule has 5 nitrogen and oxygen atoms in total. The van der Waals surface area contributed by atoms with Gasteiger partial charge in [0.15, 0.2) is 0 Å². The molecule has 5 heteroatoms. The zero-order valence-corrected chi connectivity index (χ0v) is 11.1. The predicted molar refractivity (Wildman–Crippen MR) is 72.7 cm³/mol. The first-order valence-corrected chi connectivity index (χ1v) is 6.94. The van der Waals surface area contributed by atoms with E-state index in [1.165, 1.54) is 0 Å². The number of hydrogen-bond acceptors (Lipinski definition) is 3. The minimum absolute atomic E-state index is 0.186. The van der Waals surface area contributed by atoms with Crippen molar-refractivity contribution in [3.05, 3.63) is 23.8 Å². The van der Waals surface area contributed by atoms with E-state index in [0.29, 0.717) is 19.4 Å². The van der Waals surface area contributed by atoms with Crippen molar-refractivity contribution in [1.29, 1.82) is 0 Å². The van der Waals surface area contributed by atoms with Gasteiger partial charge in [0.2, 0.25) is 5.91 Å². The van der Waals surface area contributed by atoms with E-state index in [1.807, 2.05) is 12.1 Å². The zero-order chi connectivity index (χ0) is 14.1. The number of aliphatic carboxylic acids is 1. The molecule has 3 rings (SSSR count). The molecule has 20 heavy (non-hydrogen) atoms. The van der Waals surface area contributed by atoms with Crippen LogP contribution in [0.4, 0.5) is 5.69 Å². The summed E-state index contributed by atoms with van der Waals surface area (Å²) in [6, 6.07) is 5.55. The number of nitrogens with one attached hydrogen (secondary N) is 1. The van der Waals surface area contributed by atoms with Gasteiger partial charge < -0.3 is 15.2 Å². The molecule has 2 aliphatic rings. The maximum absolute atomic E-state index is 12.2. The Hall–Kier alpha value is -2.04. The van der Waals surface area contributed by atoms with Gasteiger partial charge in [0.05, 0.1) is 18.4 Å². The molecule has 1 aromatic rings. The van der Waals surface area contributed by atoms with Gasteiger partial charge >= 0.3 is 5.97 Å². The molecule has 1 heterocycles. The summed E-state index contributed by atoms with van der Waals surface area (Å²) in [5.74, 6) is -1.16. The molecule has 1 aliphatic carbocycles. The van der Waals surface area contributed by atoms with Crippen LogP contribution in [0.2, 0.25) is 0 Å². The number of carbonyl (C=O) groups is 2. The molecule has 2 unspecified atom stereocenters. The summed E-state index contributed by atoms with van der Waals surface area (Å²) in [5.41, 5.74) is 1.80. The van der Waals surface area contributed by atoms with Gasteiger partial charge in [-0.1, -0.05) is 6.42 Å². The average molecular weight is 275 g/mol. The van der Waals surface area contributed by atoms with Gasteiger partial charge in [-0.3, -0.25) is 9.59 Å². The average Bonchev–Trinajstić information content (AvgIpc) is 3.06. The van der Waals surface area contributed by atoms with Crippen molar-refractivity contribution >= 4 is 17.6 Å². The van der Waals surface area contributed by atoms with E-state index >= 15 is 0 Å².